The van der Waals surface area contributed by atoms with Crippen molar-refractivity contribution in [2.45, 2.75) is 123 Å². The number of unbranched alkanes of at least 4 members (excludes halogenated alkanes) is 6. The first-order valence-electron chi connectivity index (χ1n) is 17.4. The lowest BCUT2D eigenvalue weighted by atomic mass is 10.1. The molecule has 0 aliphatic heterocycles. The van der Waals surface area contributed by atoms with Crippen molar-refractivity contribution in [3.8, 4) is 0 Å². The maximum Gasteiger partial charge on any atom is 0.472 e. The summed E-state index contributed by atoms with van der Waals surface area (Å²) in [5, 5.41) is 12.5. The average Bonchev–Trinajstić information content (AvgIpc) is 3.05. The van der Waals surface area contributed by atoms with Gasteiger partial charge in [0.2, 0.25) is 5.91 Å². The SMILES string of the molecule is CC/C=C\C/C=C\C/C=C\C/C=C\C/C=C\C/C=C\CCCCC(=O)OCC(O)COP(=O)(O)OCCNC(=O)CCCCCCC. The minimum Gasteiger partial charge on any atom is -0.463 e. The van der Waals surface area contributed by atoms with Gasteiger partial charge in [-0.25, -0.2) is 4.57 Å². The lowest BCUT2D eigenvalue weighted by Gasteiger charge is -2.15. The lowest BCUT2D eigenvalue weighted by molar-refractivity contribution is -0.147. The van der Waals surface area contributed by atoms with Crippen molar-refractivity contribution in [2.24, 2.45) is 0 Å². The van der Waals surface area contributed by atoms with E-state index in [1.165, 1.54) is 0 Å². The van der Waals surface area contributed by atoms with Gasteiger partial charge in [-0.3, -0.25) is 18.6 Å². The first-order valence-corrected chi connectivity index (χ1v) is 18.9. The van der Waals surface area contributed by atoms with Crippen LogP contribution in [0.2, 0.25) is 0 Å². The molecule has 0 aromatic heterocycles. The van der Waals surface area contributed by atoms with Crippen LogP contribution in [0.4, 0.5) is 0 Å². The first kappa shape index (κ1) is 44.5. The van der Waals surface area contributed by atoms with Crippen molar-refractivity contribution in [2.75, 3.05) is 26.4 Å². The van der Waals surface area contributed by atoms with Crippen LogP contribution in [-0.2, 0) is 27.9 Å². The second-order valence-corrected chi connectivity index (χ2v) is 12.6. The van der Waals surface area contributed by atoms with Crippen LogP contribution in [0.15, 0.2) is 72.9 Å². The molecule has 0 saturated carbocycles. The van der Waals surface area contributed by atoms with E-state index in [0.29, 0.717) is 12.8 Å². The smallest absolute Gasteiger partial charge is 0.463 e. The summed E-state index contributed by atoms with van der Waals surface area (Å²) in [6.07, 6.45) is 38.7. The standard InChI is InChI=1S/C37H62NO8P/c1-3-5-7-9-10-11-12-13-14-15-16-17-18-19-20-21-22-23-24-26-28-30-37(41)44-33-35(39)34-46-47(42,43)45-32-31-38-36(40)29-27-25-8-6-4-2/h5,7,10-11,13-14,16-17,19-20,22-23,35,39H,3-4,6,8-9,12,15,18,21,24-34H2,1-2H3,(H,38,40)(H,42,43)/b7-5-,11-10-,14-13-,17-16-,20-19-,23-22-. The van der Waals surface area contributed by atoms with Crippen LogP contribution in [0.1, 0.15) is 117 Å². The number of phosphoric ester groups is 1. The fourth-order valence-corrected chi connectivity index (χ4v) is 4.78. The van der Waals surface area contributed by atoms with Crippen molar-refractivity contribution < 1.29 is 37.9 Å². The van der Waals surface area contributed by atoms with E-state index in [4.69, 9.17) is 13.8 Å². The highest BCUT2D eigenvalue weighted by atomic mass is 31.2. The summed E-state index contributed by atoms with van der Waals surface area (Å²) in [6, 6.07) is 0. The summed E-state index contributed by atoms with van der Waals surface area (Å²) in [5.41, 5.74) is 0. The predicted octanol–water partition coefficient (Wildman–Crippen LogP) is 8.76. The number of ether oxygens (including phenoxy) is 1. The molecule has 9 nitrogen and oxygen atoms in total. The predicted molar refractivity (Wildman–Crippen MR) is 192 cm³/mol. The van der Waals surface area contributed by atoms with E-state index in [2.05, 4.69) is 92.1 Å². The number of aliphatic hydroxyl groups excluding tert-OH is 1. The van der Waals surface area contributed by atoms with E-state index in [1.54, 1.807) is 0 Å². The topological polar surface area (TPSA) is 131 Å². The van der Waals surface area contributed by atoms with Crippen LogP contribution >= 0.6 is 7.82 Å². The molecule has 0 aliphatic carbocycles. The molecular weight excluding hydrogens is 617 g/mol. The summed E-state index contributed by atoms with van der Waals surface area (Å²) in [6.45, 7) is 3.25. The van der Waals surface area contributed by atoms with E-state index in [0.717, 1.165) is 83.5 Å². The van der Waals surface area contributed by atoms with E-state index in [1.807, 2.05) is 0 Å². The minimum absolute atomic E-state index is 0.0714. The number of esters is 1. The zero-order chi connectivity index (χ0) is 34.7. The molecule has 0 bridgehead atoms. The van der Waals surface area contributed by atoms with Gasteiger partial charge < -0.3 is 20.1 Å². The number of hydrogen-bond donors (Lipinski definition) is 3. The molecule has 10 heteroatoms. The van der Waals surface area contributed by atoms with E-state index in [9.17, 15) is 24.2 Å². The molecule has 0 aliphatic rings. The molecule has 0 fully saturated rings. The van der Waals surface area contributed by atoms with Crippen molar-refractivity contribution in [1.82, 2.24) is 5.32 Å². The Morgan fingerprint density at radius 2 is 1.21 bits per heavy atom. The van der Waals surface area contributed by atoms with Gasteiger partial charge >= 0.3 is 13.8 Å². The minimum atomic E-state index is -4.41. The molecule has 2 unspecified atom stereocenters. The van der Waals surface area contributed by atoms with Crippen LogP contribution in [-0.4, -0.2) is 54.3 Å². The van der Waals surface area contributed by atoms with Gasteiger partial charge in [0.15, 0.2) is 0 Å². The van der Waals surface area contributed by atoms with Gasteiger partial charge in [-0.05, 0) is 64.2 Å². The highest BCUT2D eigenvalue weighted by molar-refractivity contribution is 7.47. The monoisotopic (exact) mass is 679 g/mol. The Morgan fingerprint density at radius 1 is 0.681 bits per heavy atom. The third-order valence-electron chi connectivity index (χ3n) is 6.65. The Balaban J connectivity index is 3.75. The number of aliphatic hydroxyl groups is 1. The van der Waals surface area contributed by atoms with Gasteiger partial charge in [-0.2, -0.15) is 0 Å². The average molecular weight is 680 g/mol. The second-order valence-electron chi connectivity index (χ2n) is 11.1. The third-order valence-corrected chi connectivity index (χ3v) is 7.64. The summed E-state index contributed by atoms with van der Waals surface area (Å²) >= 11 is 0. The van der Waals surface area contributed by atoms with Crippen LogP contribution < -0.4 is 5.32 Å². The fraction of sp³-hybridized carbons (Fsp3) is 0.622. The number of rotatable bonds is 31. The number of amides is 1. The Bertz CT molecular complexity index is 1000. The highest BCUT2D eigenvalue weighted by Crippen LogP contribution is 2.42. The summed E-state index contributed by atoms with van der Waals surface area (Å²) in [4.78, 5) is 33.4. The van der Waals surface area contributed by atoms with E-state index in [-0.39, 0.29) is 32.1 Å². The Morgan fingerprint density at radius 3 is 1.79 bits per heavy atom. The van der Waals surface area contributed by atoms with Gasteiger partial charge in [-0.15, -0.1) is 0 Å². The summed E-state index contributed by atoms with van der Waals surface area (Å²) in [7, 11) is -4.41. The summed E-state index contributed by atoms with van der Waals surface area (Å²) < 4.78 is 26.5. The number of phosphoric acid groups is 1. The molecule has 0 aromatic carbocycles. The molecule has 0 aromatic rings. The second kappa shape index (κ2) is 33.4. The maximum atomic E-state index is 11.9. The van der Waals surface area contributed by atoms with Gasteiger partial charge in [-0.1, -0.05) is 112 Å². The molecule has 0 heterocycles. The van der Waals surface area contributed by atoms with Gasteiger partial charge in [0.25, 0.3) is 0 Å². The molecule has 2 atom stereocenters. The van der Waals surface area contributed by atoms with Crippen LogP contribution in [0.3, 0.4) is 0 Å². The molecule has 0 saturated heterocycles. The van der Waals surface area contributed by atoms with Crippen molar-refractivity contribution in [1.29, 1.82) is 0 Å². The molecule has 47 heavy (non-hydrogen) atoms. The van der Waals surface area contributed by atoms with E-state index >= 15 is 0 Å². The third kappa shape index (κ3) is 34.6. The fourth-order valence-electron chi connectivity index (χ4n) is 4.03. The number of carbonyl (C=O) groups is 2. The molecule has 3 N–H and O–H groups in total. The molecule has 1 amide bonds. The molecule has 0 radical (unpaired) electrons. The van der Waals surface area contributed by atoms with Crippen LogP contribution in [0, 0.1) is 0 Å². The van der Waals surface area contributed by atoms with Crippen molar-refractivity contribution in [3.63, 3.8) is 0 Å². The quantitative estimate of drug-likeness (QED) is 0.0287. The zero-order valence-corrected chi connectivity index (χ0v) is 29.8. The zero-order valence-electron chi connectivity index (χ0n) is 28.9. The molecule has 0 rings (SSSR count). The largest absolute Gasteiger partial charge is 0.472 e. The number of allylic oxidation sites excluding steroid dienone is 12. The highest BCUT2D eigenvalue weighted by Gasteiger charge is 2.23. The van der Waals surface area contributed by atoms with Crippen LogP contribution in [0.5, 0.6) is 0 Å². The lowest BCUT2D eigenvalue weighted by Crippen LogP contribution is -2.27. The molecular formula is C37H62NO8P. The number of hydrogen-bond acceptors (Lipinski definition) is 7. The molecule has 0 spiro atoms. The van der Waals surface area contributed by atoms with Gasteiger partial charge in [0.05, 0.1) is 13.2 Å². The number of carbonyl (C=O) groups excluding carboxylic acids is 2. The van der Waals surface area contributed by atoms with Gasteiger partial charge in [0.1, 0.15) is 12.7 Å². The Hall–Kier alpha value is -2.55. The summed E-state index contributed by atoms with van der Waals surface area (Å²) in [5.74, 6) is -0.582. The Kier molecular flexibility index (Phi) is 31.5. The van der Waals surface area contributed by atoms with Crippen molar-refractivity contribution in [3.05, 3.63) is 72.9 Å². The van der Waals surface area contributed by atoms with Crippen molar-refractivity contribution >= 4 is 19.7 Å². The normalized spacial score (nSPS) is 14.4. The Labute approximate surface area is 284 Å². The number of nitrogens with one attached hydrogen (secondary N) is 1. The maximum absolute atomic E-state index is 11.9. The van der Waals surface area contributed by atoms with Gasteiger partial charge in [0, 0.05) is 19.4 Å². The molecule has 268 valence electrons. The van der Waals surface area contributed by atoms with Crippen LogP contribution in [0.25, 0.3) is 0 Å². The first-order chi connectivity index (χ1) is 22.8. The van der Waals surface area contributed by atoms with E-state index < -0.39 is 26.5 Å².